The third kappa shape index (κ3) is 23.8. The van der Waals surface area contributed by atoms with Gasteiger partial charge < -0.3 is 5.11 Å². The van der Waals surface area contributed by atoms with Crippen LogP contribution in [-0.2, 0) is 4.79 Å². The standard InChI is InChI=1S/C20H32O2.Na.H/c1-2-3-4-5-6-7-8-9-10-11-12-13-14-15-16-17-18-19-20(21)22;;/h6-7,9-10,12-13,15-16H,2-5,8,11,14,17-19H2,1H3,(H,21,22);;/b7-6-,10-9-,13-12-,16-15-;;. The Balaban J connectivity index is 0. The van der Waals surface area contributed by atoms with Crippen LogP contribution in [0.1, 0.15) is 71.1 Å². The summed E-state index contributed by atoms with van der Waals surface area (Å²) in [5.74, 6) is -0.712. The van der Waals surface area contributed by atoms with Gasteiger partial charge in [-0.05, 0) is 44.9 Å². The molecule has 0 saturated carbocycles. The van der Waals surface area contributed by atoms with Crippen molar-refractivity contribution in [3.8, 4) is 0 Å². The van der Waals surface area contributed by atoms with Crippen molar-refractivity contribution < 1.29 is 9.90 Å². The molecule has 0 aliphatic rings. The van der Waals surface area contributed by atoms with Crippen molar-refractivity contribution in [1.29, 1.82) is 0 Å². The predicted molar refractivity (Wildman–Crippen MR) is 103 cm³/mol. The van der Waals surface area contributed by atoms with Crippen LogP contribution in [0.3, 0.4) is 0 Å². The number of carboxylic acids is 1. The Morgan fingerprint density at radius 1 is 0.739 bits per heavy atom. The summed E-state index contributed by atoms with van der Waals surface area (Å²) in [7, 11) is 0. The van der Waals surface area contributed by atoms with Crippen molar-refractivity contribution in [2.45, 2.75) is 71.1 Å². The molecule has 23 heavy (non-hydrogen) atoms. The van der Waals surface area contributed by atoms with Crippen LogP contribution in [0.5, 0.6) is 0 Å². The van der Waals surface area contributed by atoms with E-state index in [1.807, 2.05) is 0 Å². The Bertz CT molecular complexity index is 368. The van der Waals surface area contributed by atoms with Gasteiger partial charge in [-0.25, -0.2) is 0 Å². The zero-order valence-electron chi connectivity index (χ0n) is 14.0. The van der Waals surface area contributed by atoms with Gasteiger partial charge in [0.2, 0.25) is 0 Å². The van der Waals surface area contributed by atoms with Gasteiger partial charge in [-0.2, -0.15) is 0 Å². The average Bonchev–Trinajstić information content (AvgIpc) is 2.50. The number of carboxylic acid groups (broad SMARTS) is 1. The third-order valence-electron chi connectivity index (χ3n) is 3.22. The fourth-order valence-corrected chi connectivity index (χ4v) is 1.93. The van der Waals surface area contributed by atoms with Gasteiger partial charge in [0.1, 0.15) is 0 Å². The number of aliphatic carboxylic acids is 1. The molecule has 0 radical (unpaired) electrons. The van der Waals surface area contributed by atoms with Crippen LogP contribution < -0.4 is 0 Å². The summed E-state index contributed by atoms with van der Waals surface area (Å²) in [6, 6.07) is 0. The van der Waals surface area contributed by atoms with Crippen LogP contribution in [0.25, 0.3) is 0 Å². The second-order valence-electron chi connectivity index (χ2n) is 5.37. The van der Waals surface area contributed by atoms with Crippen molar-refractivity contribution in [2.75, 3.05) is 0 Å². The van der Waals surface area contributed by atoms with E-state index in [1.54, 1.807) is 0 Å². The fourth-order valence-electron chi connectivity index (χ4n) is 1.93. The first-order chi connectivity index (χ1) is 10.8. The van der Waals surface area contributed by atoms with E-state index in [4.69, 9.17) is 5.11 Å². The summed E-state index contributed by atoms with van der Waals surface area (Å²) in [5.41, 5.74) is 0. The average molecular weight is 328 g/mol. The molecule has 0 fully saturated rings. The molecule has 0 aliphatic carbocycles. The minimum atomic E-state index is -0.712. The van der Waals surface area contributed by atoms with E-state index < -0.39 is 5.97 Å². The maximum absolute atomic E-state index is 10.3. The first-order valence-corrected chi connectivity index (χ1v) is 8.59. The molecular weight excluding hydrogens is 295 g/mol. The predicted octanol–water partition coefficient (Wildman–Crippen LogP) is 5.57. The molecule has 0 bridgehead atoms. The van der Waals surface area contributed by atoms with Gasteiger partial charge in [0.05, 0.1) is 0 Å². The molecule has 3 heteroatoms. The molecule has 2 nitrogen and oxygen atoms in total. The Labute approximate surface area is 164 Å². The first-order valence-electron chi connectivity index (χ1n) is 8.59. The number of allylic oxidation sites excluding steroid dienone is 8. The number of rotatable bonds is 14. The van der Waals surface area contributed by atoms with Gasteiger partial charge in [0.15, 0.2) is 0 Å². The molecule has 0 saturated heterocycles. The van der Waals surface area contributed by atoms with E-state index in [9.17, 15) is 4.79 Å². The topological polar surface area (TPSA) is 37.3 Å². The normalized spacial score (nSPS) is 11.9. The number of hydrogen-bond donors (Lipinski definition) is 1. The molecule has 0 heterocycles. The second kappa shape index (κ2) is 21.4. The van der Waals surface area contributed by atoms with Crippen molar-refractivity contribution in [1.82, 2.24) is 0 Å². The van der Waals surface area contributed by atoms with E-state index in [1.165, 1.54) is 25.7 Å². The number of hydrogen-bond acceptors (Lipinski definition) is 1. The summed E-state index contributed by atoms with van der Waals surface area (Å²) < 4.78 is 0. The molecule has 0 aromatic rings. The molecule has 0 atom stereocenters. The Morgan fingerprint density at radius 3 is 1.61 bits per heavy atom. The molecule has 0 unspecified atom stereocenters. The quantitative estimate of drug-likeness (QED) is 0.257. The summed E-state index contributed by atoms with van der Waals surface area (Å²) in [4.78, 5) is 10.3. The SMILES string of the molecule is CCCCC/C=C\C/C=C\C/C=C\C/C=C\CCCC(=O)O.[NaH]. The molecule has 0 aromatic heterocycles. The second-order valence-corrected chi connectivity index (χ2v) is 5.37. The van der Waals surface area contributed by atoms with Crippen LogP contribution in [0, 0.1) is 0 Å². The van der Waals surface area contributed by atoms with Crippen molar-refractivity contribution in [3.63, 3.8) is 0 Å². The van der Waals surface area contributed by atoms with Crippen LogP contribution in [0.15, 0.2) is 48.6 Å². The Kier molecular flexibility index (Phi) is 23.0. The minimum absolute atomic E-state index is 0. The van der Waals surface area contributed by atoms with Crippen molar-refractivity contribution in [3.05, 3.63) is 48.6 Å². The van der Waals surface area contributed by atoms with Gasteiger partial charge in [0, 0.05) is 6.42 Å². The Morgan fingerprint density at radius 2 is 1.17 bits per heavy atom. The summed E-state index contributed by atoms with van der Waals surface area (Å²) in [6.45, 7) is 2.23. The molecule has 126 valence electrons. The molecule has 1 N–H and O–H groups in total. The van der Waals surface area contributed by atoms with E-state index in [-0.39, 0.29) is 36.0 Å². The molecule has 0 amide bonds. The molecule has 0 aliphatic heterocycles. The van der Waals surface area contributed by atoms with Gasteiger partial charge >= 0.3 is 35.5 Å². The van der Waals surface area contributed by atoms with E-state index >= 15 is 0 Å². The summed E-state index contributed by atoms with van der Waals surface area (Å²) in [6.07, 6.45) is 27.3. The van der Waals surface area contributed by atoms with E-state index in [2.05, 4.69) is 55.5 Å². The summed E-state index contributed by atoms with van der Waals surface area (Å²) >= 11 is 0. The molecule has 0 rings (SSSR count). The van der Waals surface area contributed by atoms with E-state index in [0.29, 0.717) is 0 Å². The van der Waals surface area contributed by atoms with Gasteiger partial charge in [-0.1, -0.05) is 68.4 Å². The zero-order chi connectivity index (χ0) is 16.3. The molecular formula is C20H33NaO2. The molecule has 0 aromatic carbocycles. The van der Waals surface area contributed by atoms with E-state index in [0.717, 1.165) is 32.1 Å². The monoisotopic (exact) mass is 328 g/mol. The van der Waals surface area contributed by atoms with Gasteiger partial charge in [0.25, 0.3) is 0 Å². The van der Waals surface area contributed by atoms with Gasteiger partial charge in [-0.3, -0.25) is 4.79 Å². The van der Waals surface area contributed by atoms with Gasteiger partial charge in [-0.15, -0.1) is 0 Å². The first kappa shape index (κ1) is 24.7. The number of carbonyl (C=O) groups is 1. The van der Waals surface area contributed by atoms with Crippen LogP contribution >= 0.6 is 0 Å². The van der Waals surface area contributed by atoms with Crippen LogP contribution in [0.2, 0.25) is 0 Å². The van der Waals surface area contributed by atoms with Crippen LogP contribution in [0.4, 0.5) is 0 Å². The Hall–Kier alpha value is -0.570. The zero-order valence-corrected chi connectivity index (χ0v) is 14.0. The van der Waals surface area contributed by atoms with Crippen molar-refractivity contribution >= 4 is 35.5 Å². The maximum atomic E-state index is 10.3. The van der Waals surface area contributed by atoms with Crippen molar-refractivity contribution in [2.24, 2.45) is 0 Å². The summed E-state index contributed by atoms with van der Waals surface area (Å²) in [5, 5.41) is 8.49. The fraction of sp³-hybridized carbons (Fsp3) is 0.550. The number of unbranched alkanes of at least 4 members (excludes halogenated alkanes) is 4. The molecule has 0 spiro atoms. The third-order valence-corrected chi connectivity index (χ3v) is 3.22. The van der Waals surface area contributed by atoms with Crippen LogP contribution in [-0.4, -0.2) is 40.6 Å².